The molecule has 6 aromatic carbocycles. The van der Waals surface area contributed by atoms with Crippen molar-refractivity contribution in [1.29, 1.82) is 0 Å². The molecule has 0 aromatic heterocycles. The Bertz CT molecular complexity index is 1900. The maximum atomic E-state index is 2.50. The molecule has 6 aromatic rings. The summed E-state index contributed by atoms with van der Waals surface area (Å²) in [6, 6.07) is 56.6. The Morgan fingerprint density at radius 2 is 0.932 bits per heavy atom. The highest BCUT2D eigenvalue weighted by Crippen LogP contribution is 2.40. The molecule has 0 radical (unpaired) electrons. The van der Waals surface area contributed by atoms with E-state index in [4.69, 9.17) is 0 Å². The maximum Gasteiger partial charge on any atom is 0.0649 e. The van der Waals surface area contributed by atoms with Crippen molar-refractivity contribution >= 4 is 29.6 Å². The fourth-order valence-electron chi connectivity index (χ4n) is 6.24. The predicted octanol–water partition coefficient (Wildman–Crippen LogP) is 11.4. The third kappa shape index (κ3) is 5.78. The standard InChI is InChI=1S/C43H35N/c1-43(31-30-36-14-8-9-15-40(36)32-43)44(41-26-22-38(23-27-41)35-12-6-3-7-13-35)42-28-24-39(25-29-42)37-20-18-34(19-21-37)17-16-33-10-4-2-5-11-33/h2-31H,32H2,1H3/b17-16-. The molecule has 0 amide bonds. The molecule has 0 heterocycles. The van der Waals surface area contributed by atoms with Crippen molar-refractivity contribution in [2.45, 2.75) is 18.9 Å². The summed E-state index contributed by atoms with van der Waals surface area (Å²) in [5, 5.41) is 0. The van der Waals surface area contributed by atoms with E-state index in [0.717, 1.165) is 6.42 Å². The van der Waals surface area contributed by atoms with Gasteiger partial charge < -0.3 is 4.90 Å². The molecule has 1 aliphatic carbocycles. The topological polar surface area (TPSA) is 3.24 Å². The van der Waals surface area contributed by atoms with Crippen molar-refractivity contribution in [1.82, 2.24) is 0 Å². The molecule has 0 N–H and O–H groups in total. The smallest absolute Gasteiger partial charge is 0.0649 e. The van der Waals surface area contributed by atoms with Crippen LogP contribution in [0.2, 0.25) is 0 Å². The molecule has 0 saturated carbocycles. The second kappa shape index (κ2) is 12.1. The Morgan fingerprint density at radius 1 is 0.477 bits per heavy atom. The lowest BCUT2D eigenvalue weighted by atomic mass is 9.82. The molecular weight excluding hydrogens is 530 g/mol. The molecular formula is C43H35N. The minimum absolute atomic E-state index is 0.225. The number of nitrogens with zero attached hydrogens (tertiary/aromatic N) is 1. The molecule has 0 bridgehead atoms. The molecule has 44 heavy (non-hydrogen) atoms. The summed E-state index contributed by atoms with van der Waals surface area (Å²) >= 11 is 0. The second-order valence-corrected chi connectivity index (χ2v) is 11.7. The van der Waals surface area contributed by atoms with Crippen LogP contribution in [-0.4, -0.2) is 5.54 Å². The quantitative estimate of drug-likeness (QED) is 0.174. The van der Waals surface area contributed by atoms with Gasteiger partial charge in [0.15, 0.2) is 0 Å². The molecule has 0 saturated heterocycles. The first kappa shape index (κ1) is 27.4. The summed E-state index contributed by atoms with van der Waals surface area (Å²) in [7, 11) is 0. The monoisotopic (exact) mass is 565 g/mol. The number of fused-ring (bicyclic) bond motifs is 1. The van der Waals surface area contributed by atoms with Gasteiger partial charge in [0, 0.05) is 11.4 Å². The van der Waals surface area contributed by atoms with E-state index in [1.165, 1.54) is 55.9 Å². The van der Waals surface area contributed by atoms with E-state index in [9.17, 15) is 0 Å². The van der Waals surface area contributed by atoms with Gasteiger partial charge in [-0.1, -0.05) is 158 Å². The van der Waals surface area contributed by atoms with E-state index < -0.39 is 0 Å². The number of benzene rings is 6. The molecule has 0 spiro atoms. The van der Waals surface area contributed by atoms with Crippen LogP contribution in [0.25, 0.3) is 40.5 Å². The summed E-state index contributed by atoms with van der Waals surface area (Å²) < 4.78 is 0. The van der Waals surface area contributed by atoms with E-state index in [2.05, 4.69) is 188 Å². The normalized spacial score (nSPS) is 15.7. The highest BCUT2D eigenvalue weighted by atomic mass is 15.2. The molecule has 0 fully saturated rings. The lowest BCUT2D eigenvalue weighted by Crippen LogP contribution is -2.45. The summed E-state index contributed by atoms with van der Waals surface area (Å²) in [6.07, 6.45) is 9.91. The SMILES string of the molecule is CC1(N(c2ccc(-c3ccccc3)cc2)c2ccc(-c3ccc(/C=C\c4ccccc4)cc3)cc2)C=Cc2ccccc2C1. The van der Waals surface area contributed by atoms with Crippen LogP contribution >= 0.6 is 0 Å². The van der Waals surface area contributed by atoms with Crippen molar-refractivity contribution < 1.29 is 0 Å². The van der Waals surface area contributed by atoms with E-state index in [1.807, 2.05) is 6.07 Å². The van der Waals surface area contributed by atoms with Gasteiger partial charge >= 0.3 is 0 Å². The van der Waals surface area contributed by atoms with Crippen LogP contribution in [0.15, 0.2) is 164 Å². The molecule has 1 heteroatoms. The Hall–Kier alpha value is -5.40. The number of anilines is 2. The van der Waals surface area contributed by atoms with E-state index in [-0.39, 0.29) is 5.54 Å². The van der Waals surface area contributed by atoms with E-state index in [0.29, 0.717) is 0 Å². The second-order valence-electron chi connectivity index (χ2n) is 11.7. The van der Waals surface area contributed by atoms with Crippen LogP contribution in [0.3, 0.4) is 0 Å². The predicted molar refractivity (Wildman–Crippen MR) is 189 cm³/mol. The van der Waals surface area contributed by atoms with Crippen LogP contribution in [0.4, 0.5) is 11.4 Å². The largest absolute Gasteiger partial charge is 0.332 e. The third-order valence-corrected chi connectivity index (χ3v) is 8.61. The zero-order chi connectivity index (χ0) is 29.8. The van der Waals surface area contributed by atoms with Crippen molar-refractivity contribution in [2.75, 3.05) is 4.90 Å². The summed E-state index contributed by atoms with van der Waals surface area (Å²) in [5.74, 6) is 0. The van der Waals surface area contributed by atoms with Gasteiger partial charge in [-0.05, 0) is 82.1 Å². The van der Waals surface area contributed by atoms with E-state index in [1.54, 1.807) is 0 Å². The lowest BCUT2D eigenvalue weighted by molar-refractivity contribution is 0.560. The van der Waals surface area contributed by atoms with Gasteiger partial charge in [-0.15, -0.1) is 0 Å². The fraction of sp³-hybridized carbons (Fsp3) is 0.0698. The average molecular weight is 566 g/mol. The molecule has 1 aliphatic rings. The van der Waals surface area contributed by atoms with Gasteiger partial charge in [0.05, 0.1) is 5.54 Å². The lowest BCUT2D eigenvalue weighted by Gasteiger charge is -2.43. The minimum atomic E-state index is -0.225. The Morgan fingerprint density at radius 3 is 1.52 bits per heavy atom. The number of hydrogen-bond donors (Lipinski definition) is 0. The average Bonchev–Trinajstić information content (AvgIpc) is 3.09. The Kier molecular flexibility index (Phi) is 7.53. The van der Waals surface area contributed by atoms with Crippen LogP contribution in [-0.2, 0) is 6.42 Å². The molecule has 1 atom stereocenters. The minimum Gasteiger partial charge on any atom is -0.332 e. The maximum absolute atomic E-state index is 2.50. The van der Waals surface area contributed by atoms with Crippen LogP contribution < -0.4 is 4.90 Å². The van der Waals surface area contributed by atoms with Gasteiger partial charge in [-0.25, -0.2) is 0 Å². The Labute approximate surface area is 261 Å². The highest BCUT2D eigenvalue weighted by Gasteiger charge is 2.34. The van der Waals surface area contributed by atoms with Gasteiger partial charge in [0.1, 0.15) is 0 Å². The highest BCUT2D eigenvalue weighted by molar-refractivity contribution is 5.77. The van der Waals surface area contributed by atoms with Crippen molar-refractivity contribution in [2.24, 2.45) is 0 Å². The first-order valence-corrected chi connectivity index (χ1v) is 15.3. The molecule has 1 nitrogen and oxygen atoms in total. The van der Waals surface area contributed by atoms with Crippen molar-refractivity contribution in [3.05, 3.63) is 186 Å². The van der Waals surface area contributed by atoms with Crippen LogP contribution in [0.1, 0.15) is 29.2 Å². The van der Waals surface area contributed by atoms with E-state index >= 15 is 0 Å². The van der Waals surface area contributed by atoms with Crippen molar-refractivity contribution in [3.63, 3.8) is 0 Å². The zero-order valence-electron chi connectivity index (χ0n) is 25.0. The summed E-state index contributed by atoms with van der Waals surface area (Å²) in [4.78, 5) is 2.50. The van der Waals surface area contributed by atoms with Gasteiger partial charge in [-0.3, -0.25) is 0 Å². The fourth-order valence-corrected chi connectivity index (χ4v) is 6.24. The van der Waals surface area contributed by atoms with Crippen LogP contribution in [0.5, 0.6) is 0 Å². The van der Waals surface area contributed by atoms with Gasteiger partial charge in [-0.2, -0.15) is 0 Å². The Balaban J connectivity index is 1.19. The van der Waals surface area contributed by atoms with Crippen LogP contribution in [0, 0.1) is 0 Å². The number of hydrogen-bond acceptors (Lipinski definition) is 1. The first-order chi connectivity index (χ1) is 21.6. The summed E-state index contributed by atoms with van der Waals surface area (Å²) in [6.45, 7) is 2.35. The third-order valence-electron chi connectivity index (χ3n) is 8.61. The number of rotatable bonds is 7. The first-order valence-electron chi connectivity index (χ1n) is 15.3. The molecule has 0 aliphatic heterocycles. The zero-order valence-corrected chi connectivity index (χ0v) is 25.0. The molecule has 7 rings (SSSR count). The van der Waals surface area contributed by atoms with Crippen molar-refractivity contribution in [3.8, 4) is 22.3 Å². The molecule has 212 valence electrons. The van der Waals surface area contributed by atoms with Gasteiger partial charge in [0.2, 0.25) is 0 Å². The van der Waals surface area contributed by atoms with Gasteiger partial charge in [0.25, 0.3) is 0 Å². The summed E-state index contributed by atoms with van der Waals surface area (Å²) in [5.41, 5.74) is 12.1. The molecule has 1 unspecified atom stereocenters.